The van der Waals surface area contributed by atoms with Gasteiger partial charge in [-0.25, -0.2) is 0 Å². The molecule has 1 rings (SSSR count). The van der Waals surface area contributed by atoms with Gasteiger partial charge in [0.2, 0.25) is 0 Å². The van der Waals surface area contributed by atoms with Crippen LogP contribution < -0.4 is 0 Å². The van der Waals surface area contributed by atoms with Crippen molar-refractivity contribution >= 4 is 6.29 Å². The van der Waals surface area contributed by atoms with Gasteiger partial charge in [0.25, 0.3) is 0 Å². The van der Waals surface area contributed by atoms with Crippen molar-refractivity contribution in [3.63, 3.8) is 0 Å². The quantitative estimate of drug-likeness (QED) is 0.669. The Hall–Kier alpha value is -0.410. The molecule has 0 N–H and O–H groups in total. The number of likely N-dealkylation sites (tertiary alicyclic amines) is 1. The van der Waals surface area contributed by atoms with Gasteiger partial charge >= 0.3 is 0 Å². The van der Waals surface area contributed by atoms with Gasteiger partial charge in [0.05, 0.1) is 5.60 Å². The van der Waals surface area contributed by atoms with Gasteiger partial charge in [0.15, 0.2) is 0 Å². The third kappa shape index (κ3) is 4.07. The van der Waals surface area contributed by atoms with Crippen LogP contribution in [0.2, 0.25) is 0 Å². The summed E-state index contributed by atoms with van der Waals surface area (Å²) in [6.07, 6.45) is 5.44. The van der Waals surface area contributed by atoms with Gasteiger partial charge in [0, 0.05) is 25.6 Å². The normalized spacial score (nSPS) is 29.9. The number of carbonyl (C=O) groups is 1. The van der Waals surface area contributed by atoms with Gasteiger partial charge < -0.3 is 9.53 Å². The third-order valence-electron chi connectivity index (χ3n) is 3.92. The van der Waals surface area contributed by atoms with E-state index in [1.54, 1.807) is 7.11 Å². The van der Waals surface area contributed by atoms with Gasteiger partial charge in [-0.3, -0.25) is 4.90 Å². The molecule has 0 saturated carbocycles. The molecule has 0 radical (unpaired) electrons. The van der Waals surface area contributed by atoms with E-state index in [1.165, 1.54) is 0 Å². The van der Waals surface area contributed by atoms with Crippen LogP contribution in [0, 0.1) is 5.41 Å². The summed E-state index contributed by atoms with van der Waals surface area (Å²) in [5, 5.41) is 0. The van der Waals surface area contributed by atoms with Crippen molar-refractivity contribution in [2.75, 3.05) is 26.7 Å². The number of piperidine rings is 1. The molecule has 2 atom stereocenters. The number of carbonyl (C=O) groups excluding carboxylic acids is 1. The minimum absolute atomic E-state index is 0.0335. The average Bonchev–Trinajstić information content (AvgIpc) is 2.29. The molecule has 0 aliphatic carbocycles. The summed E-state index contributed by atoms with van der Waals surface area (Å²) in [5.74, 6) is 0. The van der Waals surface area contributed by atoms with Crippen molar-refractivity contribution in [3.05, 3.63) is 0 Å². The van der Waals surface area contributed by atoms with E-state index in [1.807, 2.05) is 0 Å². The molecule has 0 spiro atoms. The lowest BCUT2D eigenvalue weighted by Crippen LogP contribution is -2.50. The van der Waals surface area contributed by atoms with E-state index in [-0.39, 0.29) is 11.0 Å². The van der Waals surface area contributed by atoms with E-state index >= 15 is 0 Å². The monoisotopic (exact) mass is 241 g/mol. The number of nitrogens with zero attached hydrogens (tertiary/aromatic N) is 1. The first kappa shape index (κ1) is 14.7. The van der Waals surface area contributed by atoms with Crippen molar-refractivity contribution < 1.29 is 9.53 Å². The summed E-state index contributed by atoms with van der Waals surface area (Å²) < 4.78 is 5.59. The topological polar surface area (TPSA) is 29.5 Å². The molecule has 1 aliphatic heterocycles. The summed E-state index contributed by atoms with van der Waals surface area (Å²) in [6.45, 7) is 9.27. The number of hydrogen-bond donors (Lipinski definition) is 0. The lowest BCUT2D eigenvalue weighted by Gasteiger charge is -2.42. The van der Waals surface area contributed by atoms with E-state index in [0.29, 0.717) is 0 Å². The Morgan fingerprint density at radius 3 is 2.76 bits per heavy atom. The number of methoxy groups -OCH3 is 1. The summed E-state index contributed by atoms with van der Waals surface area (Å²) in [4.78, 5) is 13.6. The van der Waals surface area contributed by atoms with Crippen LogP contribution in [0.1, 0.15) is 46.5 Å². The van der Waals surface area contributed by atoms with Gasteiger partial charge in [-0.1, -0.05) is 20.3 Å². The van der Waals surface area contributed by atoms with Crippen molar-refractivity contribution in [2.24, 2.45) is 5.41 Å². The van der Waals surface area contributed by atoms with Gasteiger partial charge in [0.1, 0.15) is 6.29 Å². The van der Waals surface area contributed by atoms with Crippen molar-refractivity contribution in [3.8, 4) is 0 Å². The van der Waals surface area contributed by atoms with Gasteiger partial charge in [-0.05, 0) is 32.7 Å². The highest BCUT2D eigenvalue weighted by atomic mass is 16.5. The predicted molar refractivity (Wildman–Crippen MR) is 70.2 cm³/mol. The predicted octanol–water partition coefficient (Wildman–Crippen LogP) is 2.49. The van der Waals surface area contributed by atoms with E-state index < -0.39 is 0 Å². The van der Waals surface area contributed by atoms with E-state index in [2.05, 4.69) is 25.7 Å². The van der Waals surface area contributed by atoms with Crippen LogP contribution in [0.25, 0.3) is 0 Å². The molecule has 1 aliphatic rings. The van der Waals surface area contributed by atoms with Gasteiger partial charge in [-0.15, -0.1) is 0 Å². The highest BCUT2D eigenvalue weighted by Gasteiger charge is 2.34. The Labute approximate surface area is 106 Å². The molecule has 1 saturated heterocycles. The number of aldehydes is 1. The fourth-order valence-corrected chi connectivity index (χ4v) is 2.87. The maximum Gasteiger partial charge on any atom is 0.127 e. The summed E-state index contributed by atoms with van der Waals surface area (Å²) >= 11 is 0. The van der Waals surface area contributed by atoms with Crippen molar-refractivity contribution in [1.29, 1.82) is 0 Å². The SMILES string of the molecule is CCCC(C)(C=O)CN1CCCC(C)(OC)C1. The number of hydrogen-bond acceptors (Lipinski definition) is 3. The lowest BCUT2D eigenvalue weighted by molar-refractivity contribution is -0.118. The molecule has 17 heavy (non-hydrogen) atoms. The second-order valence-electron chi connectivity index (χ2n) is 5.99. The molecular weight excluding hydrogens is 214 g/mol. The molecule has 100 valence electrons. The fraction of sp³-hybridized carbons (Fsp3) is 0.929. The Bertz CT molecular complexity index is 257. The maximum absolute atomic E-state index is 11.3. The molecule has 0 aromatic rings. The minimum atomic E-state index is -0.194. The van der Waals surface area contributed by atoms with Crippen LogP contribution in [-0.2, 0) is 9.53 Å². The zero-order chi connectivity index (χ0) is 12.9. The largest absolute Gasteiger partial charge is 0.377 e. The molecule has 0 aromatic carbocycles. The van der Waals surface area contributed by atoms with Crippen LogP contribution >= 0.6 is 0 Å². The van der Waals surface area contributed by atoms with Crippen LogP contribution in [0.4, 0.5) is 0 Å². The van der Waals surface area contributed by atoms with E-state index in [0.717, 1.165) is 51.6 Å². The molecule has 0 amide bonds. The Morgan fingerprint density at radius 1 is 1.53 bits per heavy atom. The standard InChI is InChI=1S/C14H27NO2/c1-5-7-13(2,12-16)10-15-9-6-8-14(3,11-15)17-4/h12H,5-11H2,1-4H3. The van der Waals surface area contributed by atoms with Crippen LogP contribution in [0.15, 0.2) is 0 Å². The molecular formula is C14H27NO2. The van der Waals surface area contributed by atoms with Crippen molar-refractivity contribution in [2.45, 2.75) is 52.1 Å². The Balaban J connectivity index is 2.58. The number of rotatable bonds is 6. The molecule has 2 unspecified atom stereocenters. The zero-order valence-corrected chi connectivity index (χ0v) is 11.8. The number of ether oxygens (including phenoxy) is 1. The van der Waals surface area contributed by atoms with Crippen LogP contribution in [0.3, 0.4) is 0 Å². The molecule has 3 nitrogen and oxygen atoms in total. The first-order chi connectivity index (χ1) is 7.97. The maximum atomic E-state index is 11.3. The molecule has 1 heterocycles. The summed E-state index contributed by atoms with van der Waals surface area (Å²) in [6, 6.07) is 0. The van der Waals surface area contributed by atoms with E-state index in [4.69, 9.17) is 4.74 Å². The molecule has 0 bridgehead atoms. The fourth-order valence-electron chi connectivity index (χ4n) is 2.87. The van der Waals surface area contributed by atoms with Crippen LogP contribution in [0.5, 0.6) is 0 Å². The second kappa shape index (κ2) is 5.96. The Kier molecular flexibility index (Phi) is 5.14. The first-order valence-electron chi connectivity index (χ1n) is 6.71. The highest BCUT2D eigenvalue weighted by Crippen LogP contribution is 2.28. The minimum Gasteiger partial charge on any atom is -0.377 e. The average molecular weight is 241 g/mol. The summed E-state index contributed by atoms with van der Waals surface area (Å²) in [7, 11) is 1.79. The summed E-state index contributed by atoms with van der Waals surface area (Å²) in [5.41, 5.74) is -0.227. The molecule has 0 aromatic heterocycles. The third-order valence-corrected chi connectivity index (χ3v) is 3.92. The van der Waals surface area contributed by atoms with E-state index in [9.17, 15) is 4.79 Å². The smallest absolute Gasteiger partial charge is 0.127 e. The zero-order valence-electron chi connectivity index (χ0n) is 11.8. The highest BCUT2D eigenvalue weighted by molar-refractivity contribution is 5.59. The first-order valence-corrected chi connectivity index (χ1v) is 6.71. The Morgan fingerprint density at radius 2 is 2.24 bits per heavy atom. The second-order valence-corrected chi connectivity index (χ2v) is 5.99. The van der Waals surface area contributed by atoms with Crippen molar-refractivity contribution in [1.82, 2.24) is 4.90 Å². The van der Waals surface area contributed by atoms with Gasteiger partial charge in [-0.2, -0.15) is 0 Å². The van der Waals surface area contributed by atoms with Crippen LogP contribution in [-0.4, -0.2) is 43.5 Å². The molecule has 3 heteroatoms. The lowest BCUT2D eigenvalue weighted by atomic mass is 9.85. The molecule has 1 fully saturated rings.